The molecule has 0 unspecified atom stereocenters. The lowest BCUT2D eigenvalue weighted by Gasteiger charge is -2.22. The van der Waals surface area contributed by atoms with Crippen molar-refractivity contribution in [3.8, 4) is 0 Å². The van der Waals surface area contributed by atoms with E-state index in [1.54, 1.807) is 5.32 Å². The fourth-order valence-electron chi connectivity index (χ4n) is 1.01. The van der Waals surface area contributed by atoms with Gasteiger partial charge in [-0.1, -0.05) is 28.1 Å². The molecule has 0 bridgehead atoms. The van der Waals surface area contributed by atoms with E-state index in [2.05, 4.69) is 15.9 Å². The summed E-state index contributed by atoms with van der Waals surface area (Å²) >= 11 is 3.18. The van der Waals surface area contributed by atoms with Crippen LogP contribution in [0.5, 0.6) is 0 Å². The standard InChI is InChI=1S/C11H14BrN/c12-11-3-1-9(2-4-11)10-5-7-13-8-6-10/h1-4,10,13H,5-8H2/i5D2,6D2,7D2,8D2,10D. The van der Waals surface area contributed by atoms with Crippen molar-refractivity contribution in [2.24, 2.45) is 0 Å². The maximum Gasteiger partial charge on any atom is 0.0428 e. The molecule has 0 aromatic heterocycles. The molecule has 1 aromatic rings. The number of piperidine rings is 1. The van der Waals surface area contributed by atoms with Crippen LogP contribution in [0.25, 0.3) is 0 Å². The second-order valence-electron chi connectivity index (χ2n) is 2.51. The van der Waals surface area contributed by atoms with Gasteiger partial charge >= 0.3 is 0 Å². The molecule has 1 N–H and O–H groups in total. The zero-order valence-corrected chi connectivity index (χ0v) is 8.27. The van der Waals surface area contributed by atoms with Crippen LogP contribution in [-0.4, -0.2) is 13.0 Å². The highest BCUT2D eigenvalue weighted by molar-refractivity contribution is 9.10. The topological polar surface area (TPSA) is 12.0 Å². The molecule has 0 aliphatic carbocycles. The van der Waals surface area contributed by atoms with Crippen LogP contribution in [0.4, 0.5) is 0 Å². The van der Waals surface area contributed by atoms with E-state index in [1.807, 2.05) is 0 Å². The highest BCUT2D eigenvalue weighted by atomic mass is 79.9. The molecule has 1 aliphatic heterocycles. The Hall–Kier alpha value is -0.340. The van der Waals surface area contributed by atoms with Gasteiger partial charge in [0.2, 0.25) is 0 Å². The lowest BCUT2D eigenvalue weighted by Crippen LogP contribution is -2.26. The van der Waals surface area contributed by atoms with Crippen molar-refractivity contribution >= 4 is 15.9 Å². The summed E-state index contributed by atoms with van der Waals surface area (Å²) in [7, 11) is 0. The van der Waals surface area contributed by atoms with Gasteiger partial charge in [0.1, 0.15) is 0 Å². The van der Waals surface area contributed by atoms with Crippen LogP contribution in [0.1, 0.15) is 36.5 Å². The first-order valence-corrected chi connectivity index (χ1v) is 4.55. The lowest BCUT2D eigenvalue weighted by atomic mass is 9.90. The molecule has 1 nitrogen and oxygen atoms in total. The number of rotatable bonds is 1. The summed E-state index contributed by atoms with van der Waals surface area (Å²) in [5, 5.41) is 1.74. The summed E-state index contributed by atoms with van der Waals surface area (Å²) in [5.74, 6) is -2.79. The molecule has 1 saturated heterocycles. The van der Waals surface area contributed by atoms with Crippen molar-refractivity contribution < 1.29 is 12.3 Å². The number of hydrogen-bond donors (Lipinski definition) is 1. The second kappa shape index (κ2) is 4.25. The van der Waals surface area contributed by atoms with E-state index in [9.17, 15) is 0 Å². The molecule has 0 atom stereocenters. The molecule has 1 aliphatic rings. The van der Waals surface area contributed by atoms with Gasteiger partial charge in [-0.25, -0.2) is 0 Å². The van der Waals surface area contributed by atoms with Crippen LogP contribution in [0.15, 0.2) is 28.7 Å². The lowest BCUT2D eigenvalue weighted by molar-refractivity contribution is 0.460. The second-order valence-corrected chi connectivity index (χ2v) is 3.42. The van der Waals surface area contributed by atoms with Gasteiger partial charge in [-0.15, -0.1) is 0 Å². The third-order valence-corrected chi connectivity index (χ3v) is 2.16. The first-order chi connectivity index (χ1) is 9.71. The van der Waals surface area contributed by atoms with Gasteiger partial charge in [-0.2, -0.15) is 0 Å². The van der Waals surface area contributed by atoms with Crippen molar-refractivity contribution in [3.63, 3.8) is 0 Å². The van der Waals surface area contributed by atoms with Crippen molar-refractivity contribution in [1.29, 1.82) is 0 Å². The maximum absolute atomic E-state index is 8.46. The minimum absolute atomic E-state index is 0.139. The normalized spacial score (nSPS) is 47.0. The van der Waals surface area contributed by atoms with Crippen molar-refractivity contribution in [2.75, 3.05) is 13.0 Å². The quantitative estimate of drug-likeness (QED) is 0.807. The zero-order chi connectivity index (χ0) is 17.2. The average molecular weight is 249 g/mol. The number of nitrogens with one attached hydrogen (secondary N) is 1. The summed E-state index contributed by atoms with van der Waals surface area (Å²) in [5.41, 5.74) is -0.139. The van der Waals surface area contributed by atoms with Crippen LogP contribution >= 0.6 is 15.9 Å². The van der Waals surface area contributed by atoms with Crippen molar-refractivity contribution in [2.45, 2.75) is 18.6 Å². The first-order valence-electron chi connectivity index (χ1n) is 8.26. The molecule has 1 fully saturated rings. The van der Waals surface area contributed by atoms with Gasteiger partial charge < -0.3 is 5.32 Å². The third-order valence-electron chi connectivity index (χ3n) is 1.63. The molecule has 0 radical (unpaired) electrons. The summed E-state index contributed by atoms with van der Waals surface area (Å²) in [6.45, 7) is -5.87. The molecule has 70 valence electrons. The average Bonchev–Trinajstić information content (AvgIpc) is 2.35. The molecule has 0 saturated carbocycles. The van der Waals surface area contributed by atoms with E-state index in [0.29, 0.717) is 4.47 Å². The summed E-state index contributed by atoms with van der Waals surface area (Å²) < 4.78 is 72.2. The molecule has 0 amide bonds. The van der Waals surface area contributed by atoms with Crippen molar-refractivity contribution in [1.82, 2.24) is 5.32 Å². The third kappa shape index (κ3) is 2.32. The smallest absolute Gasteiger partial charge is 0.0428 e. The molecule has 0 spiro atoms. The summed E-state index contributed by atoms with van der Waals surface area (Å²) in [6, 6.07) is 5.55. The van der Waals surface area contributed by atoms with Gasteiger partial charge in [0.15, 0.2) is 0 Å². The Balaban J connectivity index is 2.78. The fraction of sp³-hybridized carbons (Fsp3) is 0.455. The predicted octanol–water partition coefficient (Wildman–Crippen LogP) is 2.92. The van der Waals surface area contributed by atoms with Crippen LogP contribution in [0.3, 0.4) is 0 Å². The highest BCUT2D eigenvalue weighted by Gasteiger charge is 2.14. The van der Waals surface area contributed by atoms with Crippen molar-refractivity contribution in [3.05, 3.63) is 34.3 Å². The Kier molecular flexibility index (Phi) is 1.10. The van der Waals surface area contributed by atoms with Gasteiger partial charge in [0.05, 0.1) is 0 Å². The Morgan fingerprint density at radius 2 is 1.92 bits per heavy atom. The summed E-state index contributed by atoms with van der Waals surface area (Å²) in [6.07, 6.45) is -6.05. The molecule has 1 aromatic carbocycles. The zero-order valence-electron chi connectivity index (χ0n) is 15.7. The van der Waals surface area contributed by atoms with E-state index in [1.165, 1.54) is 24.3 Å². The monoisotopic (exact) mass is 248 g/mol. The number of halogens is 1. The minimum Gasteiger partial charge on any atom is -0.317 e. The van der Waals surface area contributed by atoms with Gasteiger partial charge in [-0.3, -0.25) is 0 Å². The Labute approximate surface area is 100 Å². The van der Waals surface area contributed by atoms with E-state index < -0.39 is 31.6 Å². The molecular formula is C11H14BrN. The first kappa shape index (κ1) is 3.35. The van der Waals surface area contributed by atoms with Crippen LogP contribution in [-0.2, 0) is 0 Å². The van der Waals surface area contributed by atoms with Gasteiger partial charge in [0, 0.05) is 16.8 Å². The summed E-state index contributed by atoms with van der Waals surface area (Å²) in [4.78, 5) is 0. The highest BCUT2D eigenvalue weighted by Crippen LogP contribution is 2.25. The maximum atomic E-state index is 8.46. The number of hydrogen-bond acceptors (Lipinski definition) is 1. The predicted molar refractivity (Wildman–Crippen MR) is 59.0 cm³/mol. The largest absolute Gasteiger partial charge is 0.317 e. The molecule has 2 heteroatoms. The number of benzene rings is 1. The van der Waals surface area contributed by atoms with E-state index in [-0.39, 0.29) is 5.56 Å². The van der Waals surface area contributed by atoms with Crippen LogP contribution in [0, 0.1) is 0 Å². The van der Waals surface area contributed by atoms with E-state index in [4.69, 9.17) is 12.3 Å². The van der Waals surface area contributed by atoms with Gasteiger partial charge in [0.25, 0.3) is 0 Å². The van der Waals surface area contributed by atoms with E-state index in [0.717, 1.165) is 0 Å². The SMILES string of the molecule is [2H]C1([2H])NC([2H])([2H])C([2H])([2H])C([2H])(c2ccc(Br)cc2)C1([2H])[2H]. The van der Waals surface area contributed by atoms with Crippen LogP contribution < -0.4 is 5.32 Å². The molecular weight excluding hydrogens is 226 g/mol. The van der Waals surface area contributed by atoms with Crippen LogP contribution in [0.2, 0.25) is 0 Å². The Morgan fingerprint density at radius 3 is 2.54 bits per heavy atom. The Morgan fingerprint density at radius 1 is 1.31 bits per heavy atom. The molecule has 1 heterocycles. The fourth-order valence-corrected chi connectivity index (χ4v) is 1.28. The minimum atomic E-state index is -3.02. The molecule has 2 rings (SSSR count). The Bertz CT molecular complexity index is 558. The molecule has 13 heavy (non-hydrogen) atoms. The van der Waals surface area contributed by atoms with Gasteiger partial charge in [-0.05, 0) is 49.3 Å². The van der Waals surface area contributed by atoms with E-state index >= 15 is 0 Å².